The maximum atomic E-state index is 8.22. The minimum Gasteiger partial charge on any atom is -0.317 e. The molecule has 0 saturated heterocycles. The summed E-state index contributed by atoms with van der Waals surface area (Å²) in [5.74, 6) is 0. The van der Waals surface area contributed by atoms with Crippen molar-refractivity contribution in [1.29, 1.82) is 5.26 Å². The highest BCUT2D eigenvalue weighted by atomic mass is 14.6. The zero-order chi connectivity index (χ0) is 8.36. The van der Waals surface area contributed by atoms with Crippen molar-refractivity contribution in [2.24, 2.45) is 0 Å². The number of hydrogen-bond donors (Lipinski definition) is 0. The molecule has 0 aliphatic heterocycles. The van der Waals surface area contributed by atoms with Crippen molar-refractivity contribution in [2.45, 2.75) is 38.5 Å². The van der Waals surface area contributed by atoms with Crippen LogP contribution in [-0.2, 0) is 0 Å². The average Bonchev–Trinajstić information content (AvgIpc) is 2.03. The molecular weight excluding hydrogens is 136 g/mol. The van der Waals surface area contributed by atoms with Crippen LogP contribution in [0, 0.1) is 17.9 Å². The van der Waals surface area contributed by atoms with Crippen molar-refractivity contribution >= 4 is 0 Å². The van der Waals surface area contributed by atoms with Crippen molar-refractivity contribution in [2.75, 3.05) is 6.54 Å². The number of nitriles is 1. The molecule has 0 N–H and O–H groups in total. The van der Waals surface area contributed by atoms with Gasteiger partial charge in [-0.2, -0.15) is 5.26 Å². The van der Waals surface area contributed by atoms with Crippen LogP contribution in [0.15, 0.2) is 0 Å². The molecule has 0 saturated carbocycles. The Morgan fingerprint density at radius 3 is 2.36 bits per heavy atom. The normalized spacial score (nSPS) is 8.55. The molecule has 0 aliphatic carbocycles. The molecule has 0 aromatic heterocycles. The van der Waals surface area contributed by atoms with Gasteiger partial charge in [-0.25, -0.2) is 6.57 Å². The zero-order valence-electron chi connectivity index (χ0n) is 6.84. The van der Waals surface area contributed by atoms with Crippen molar-refractivity contribution in [3.05, 3.63) is 11.4 Å². The van der Waals surface area contributed by atoms with Crippen LogP contribution in [0.5, 0.6) is 0 Å². The van der Waals surface area contributed by atoms with Gasteiger partial charge >= 0.3 is 0 Å². The van der Waals surface area contributed by atoms with Gasteiger partial charge in [0.1, 0.15) is 0 Å². The van der Waals surface area contributed by atoms with Crippen molar-refractivity contribution in [3.8, 4) is 6.07 Å². The molecule has 0 bridgehead atoms. The summed E-state index contributed by atoms with van der Waals surface area (Å²) in [6.45, 7) is 7.20. The molecule has 0 unspecified atom stereocenters. The largest absolute Gasteiger partial charge is 0.317 e. The smallest absolute Gasteiger partial charge is 0.214 e. The van der Waals surface area contributed by atoms with Crippen LogP contribution >= 0.6 is 0 Å². The van der Waals surface area contributed by atoms with Gasteiger partial charge in [0, 0.05) is 12.8 Å². The minimum absolute atomic E-state index is 0.665. The predicted octanol–water partition coefficient (Wildman–Crippen LogP) is 2.77. The first-order chi connectivity index (χ1) is 5.41. The van der Waals surface area contributed by atoms with Gasteiger partial charge in [-0.3, -0.25) is 0 Å². The highest BCUT2D eigenvalue weighted by Gasteiger charge is 1.90. The van der Waals surface area contributed by atoms with E-state index in [1.807, 2.05) is 0 Å². The molecule has 0 atom stereocenters. The fourth-order valence-electron chi connectivity index (χ4n) is 0.925. The Morgan fingerprint density at radius 2 is 1.73 bits per heavy atom. The Bertz CT molecular complexity index is 132. The minimum atomic E-state index is 0.665. The predicted molar refractivity (Wildman–Crippen MR) is 44.8 cm³/mol. The second-order valence-corrected chi connectivity index (χ2v) is 2.56. The first-order valence-corrected chi connectivity index (χ1v) is 4.12. The van der Waals surface area contributed by atoms with Gasteiger partial charge in [0.25, 0.3) is 0 Å². The van der Waals surface area contributed by atoms with E-state index in [-0.39, 0.29) is 0 Å². The summed E-state index contributed by atoms with van der Waals surface area (Å²) in [6, 6.07) is 2.12. The molecule has 0 spiro atoms. The summed E-state index contributed by atoms with van der Waals surface area (Å²) in [7, 11) is 0. The maximum Gasteiger partial charge on any atom is 0.214 e. The monoisotopic (exact) mass is 150 g/mol. The molecular formula is C9H14N2. The van der Waals surface area contributed by atoms with E-state index >= 15 is 0 Å². The van der Waals surface area contributed by atoms with Crippen LogP contribution in [0.25, 0.3) is 4.85 Å². The van der Waals surface area contributed by atoms with E-state index < -0.39 is 0 Å². The summed E-state index contributed by atoms with van der Waals surface area (Å²) < 4.78 is 0. The topological polar surface area (TPSA) is 28.1 Å². The SMILES string of the molecule is [C-]#[N+]CCCCCCCC#N. The second-order valence-electron chi connectivity index (χ2n) is 2.56. The average molecular weight is 150 g/mol. The standard InChI is InChI=1S/C9H14N2/c1-11-9-7-5-3-2-4-6-8-10/h2-7,9H2. The molecule has 0 fully saturated rings. The van der Waals surface area contributed by atoms with Crippen molar-refractivity contribution in [1.82, 2.24) is 0 Å². The second kappa shape index (κ2) is 8.98. The molecule has 0 radical (unpaired) electrons. The van der Waals surface area contributed by atoms with Gasteiger partial charge in [-0.15, -0.1) is 0 Å². The van der Waals surface area contributed by atoms with E-state index in [2.05, 4.69) is 10.9 Å². The highest BCUT2D eigenvalue weighted by Crippen LogP contribution is 2.04. The Morgan fingerprint density at radius 1 is 1.09 bits per heavy atom. The summed E-state index contributed by atoms with van der Waals surface area (Å²) in [6.07, 6.45) is 6.20. The third-order valence-electron chi connectivity index (χ3n) is 1.56. The lowest BCUT2D eigenvalue weighted by atomic mass is 10.1. The lowest BCUT2D eigenvalue weighted by molar-refractivity contribution is 0.635. The van der Waals surface area contributed by atoms with Gasteiger partial charge in [0.05, 0.1) is 6.07 Å². The van der Waals surface area contributed by atoms with Crippen LogP contribution < -0.4 is 0 Å². The van der Waals surface area contributed by atoms with E-state index in [4.69, 9.17) is 11.8 Å². The summed E-state index contributed by atoms with van der Waals surface area (Å²) in [5.41, 5.74) is 0. The Labute approximate surface area is 68.7 Å². The van der Waals surface area contributed by atoms with Gasteiger partial charge in [-0.1, -0.05) is 12.8 Å². The van der Waals surface area contributed by atoms with Crippen LogP contribution in [0.2, 0.25) is 0 Å². The van der Waals surface area contributed by atoms with Gasteiger partial charge < -0.3 is 4.85 Å². The molecule has 0 aromatic carbocycles. The zero-order valence-corrected chi connectivity index (χ0v) is 6.84. The number of hydrogen-bond acceptors (Lipinski definition) is 1. The summed E-state index contributed by atoms with van der Waals surface area (Å²) in [5, 5.41) is 8.22. The Hall–Kier alpha value is -1.02. The molecule has 0 rings (SSSR count). The van der Waals surface area contributed by atoms with Gasteiger partial charge in [0.2, 0.25) is 6.54 Å². The van der Waals surface area contributed by atoms with Crippen molar-refractivity contribution in [3.63, 3.8) is 0 Å². The molecule has 0 aromatic rings. The van der Waals surface area contributed by atoms with E-state index in [0.717, 1.165) is 25.7 Å². The summed E-state index contributed by atoms with van der Waals surface area (Å²) in [4.78, 5) is 3.27. The number of unbranched alkanes of at least 4 members (excludes halogenated alkanes) is 5. The lowest BCUT2D eigenvalue weighted by Crippen LogP contribution is -1.80. The maximum absolute atomic E-state index is 8.22. The first kappa shape index (κ1) is 9.98. The van der Waals surface area contributed by atoms with Crippen LogP contribution in [0.3, 0.4) is 0 Å². The first-order valence-electron chi connectivity index (χ1n) is 4.12. The van der Waals surface area contributed by atoms with Crippen LogP contribution in [-0.4, -0.2) is 6.54 Å². The Kier molecular flexibility index (Phi) is 8.15. The van der Waals surface area contributed by atoms with Crippen LogP contribution in [0.1, 0.15) is 38.5 Å². The summed E-state index contributed by atoms with van der Waals surface area (Å²) >= 11 is 0. The van der Waals surface area contributed by atoms with Gasteiger partial charge in [0.15, 0.2) is 0 Å². The lowest BCUT2D eigenvalue weighted by Gasteiger charge is -1.93. The molecule has 60 valence electrons. The molecule has 0 heterocycles. The molecule has 11 heavy (non-hydrogen) atoms. The highest BCUT2D eigenvalue weighted by molar-refractivity contribution is 4.68. The van der Waals surface area contributed by atoms with E-state index in [0.29, 0.717) is 13.0 Å². The van der Waals surface area contributed by atoms with E-state index in [1.165, 1.54) is 6.42 Å². The quantitative estimate of drug-likeness (QED) is 0.422. The van der Waals surface area contributed by atoms with Gasteiger partial charge in [-0.05, 0) is 12.8 Å². The third-order valence-corrected chi connectivity index (χ3v) is 1.56. The fraction of sp³-hybridized carbons (Fsp3) is 0.778. The van der Waals surface area contributed by atoms with E-state index in [1.54, 1.807) is 0 Å². The molecule has 0 aliphatic rings. The van der Waals surface area contributed by atoms with Crippen molar-refractivity contribution < 1.29 is 0 Å². The Balaban J connectivity index is 2.82. The van der Waals surface area contributed by atoms with E-state index in [9.17, 15) is 0 Å². The molecule has 2 heteroatoms. The molecule has 2 nitrogen and oxygen atoms in total. The number of rotatable bonds is 6. The van der Waals surface area contributed by atoms with Crippen LogP contribution in [0.4, 0.5) is 0 Å². The molecule has 0 amide bonds. The number of nitrogens with zero attached hydrogens (tertiary/aromatic N) is 2. The third kappa shape index (κ3) is 8.98. The fourth-order valence-corrected chi connectivity index (χ4v) is 0.925.